The van der Waals surface area contributed by atoms with Gasteiger partial charge in [0.05, 0.1) is 0 Å². The van der Waals surface area contributed by atoms with Gasteiger partial charge in [-0.3, -0.25) is 0 Å². The van der Waals surface area contributed by atoms with Gasteiger partial charge in [0.15, 0.2) is 0 Å². The molecule has 0 amide bonds. The molecule has 1 heteroatoms. The molecule has 10 aliphatic rings. The minimum absolute atomic E-state index is 0.600. The van der Waals surface area contributed by atoms with E-state index in [1.807, 2.05) is 0 Å². The van der Waals surface area contributed by atoms with E-state index >= 15 is 0 Å². The maximum Gasteiger partial charge on any atom is 0.0375 e. The molecule has 4 spiro atoms. The van der Waals surface area contributed by atoms with E-state index in [-0.39, 0.29) is 0 Å². The van der Waals surface area contributed by atoms with E-state index in [0.29, 0.717) is 5.38 Å². The molecule has 0 aromatic heterocycles. The van der Waals surface area contributed by atoms with Crippen LogP contribution in [-0.2, 0) is 0 Å². The first kappa shape index (κ1) is 8.80. The van der Waals surface area contributed by atoms with Crippen molar-refractivity contribution in [2.45, 2.75) is 31.1 Å². The minimum Gasteiger partial charge on any atom is -0.123 e. The highest BCUT2D eigenvalue weighted by atomic mass is 35.5. The maximum atomic E-state index is 6.89. The predicted molar refractivity (Wildman–Crippen MR) is 72.7 cm³/mol. The molecule has 0 heterocycles. The second-order valence-electron chi connectivity index (χ2n) is 10.9. The highest BCUT2D eigenvalue weighted by Gasteiger charge is 3.20. The first-order chi connectivity index (χ1) is 9.81. The van der Waals surface area contributed by atoms with E-state index in [2.05, 4.69) is 0 Å². The van der Waals surface area contributed by atoms with Gasteiger partial charge in [0.1, 0.15) is 0 Å². The fraction of sp³-hybridized carbons (Fsp3) is 1.00. The molecule has 10 rings (SSSR count). The molecule has 10 aliphatic carbocycles. The summed E-state index contributed by atoms with van der Waals surface area (Å²) in [5, 5.41) is 0.600. The summed E-state index contributed by atoms with van der Waals surface area (Å²) in [6.45, 7) is 0. The standard InChI is InChI=1S/C19H19Cl/c20-10-4-6-3-9-12-11-7-1-5-2-8-13-15-14(10)17(6,9)19(12,15)18(11,13)16(5,7)8/h5-15H,1-4H2. The summed E-state index contributed by atoms with van der Waals surface area (Å²) in [4.78, 5) is 0. The number of alkyl halides is 1. The summed E-state index contributed by atoms with van der Waals surface area (Å²) >= 11 is 6.89. The average molecular weight is 283 g/mol. The molecule has 0 aromatic carbocycles. The van der Waals surface area contributed by atoms with Crippen LogP contribution in [0, 0.1) is 80.8 Å². The number of hydrogen-bond acceptors (Lipinski definition) is 0. The molecule has 0 saturated heterocycles. The Hall–Kier alpha value is 0.290. The molecule has 10 fully saturated rings. The lowest BCUT2D eigenvalue weighted by Gasteiger charge is -3.21. The molecule has 0 radical (unpaired) electrons. The van der Waals surface area contributed by atoms with Crippen molar-refractivity contribution in [3.63, 3.8) is 0 Å². The molecule has 0 aromatic rings. The fourth-order valence-electron chi connectivity index (χ4n) is 14.3. The van der Waals surface area contributed by atoms with Gasteiger partial charge in [0.25, 0.3) is 0 Å². The van der Waals surface area contributed by atoms with Crippen LogP contribution in [-0.4, -0.2) is 5.38 Å². The van der Waals surface area contributed by atoms with Crippen molar-refractivity contribution in [2.24, 2.45) is 80.8 Å². The molecule has 0 N–H and O–H groups in total. The van der Waals surface area contributed by atoms with E-state index in [0.717, 1.165) is 33.5 Å². The van der Waals surface area contributed by atoms with Crippen LogP contribution in [0.4, 0.5) is 0 Å². The lowest BCUT2D eigenvalue weighted by molar-refractivity contribution is -0.756. The Labute approximate surface area is 124 Å². The van der Waals surface area contributed by atoms with Crippen molar-refractivity contribution in [3.8, 4) is 0 Å². The van der Waals surface area contributed by atoms with Gasteiger partial charge in [0.2, 0.25) is 0 Å². The first-order valence-electron chi connectivity index (χ1n) is 9.45. The molecule has 0 bridgehead atoms. The molecule has 0 nitrogen and oxygen atoms in total. The van der Waals surface area contributed by atoms with Gasteiger partial charge in [-0.25, -0.2) is 0 Å². The molecule has 10 saturated carbocycles. The number of hydrogen-bond donors (Lipinski definition) is 0. The fourth-order valence-corrected chi connectivity index (χ4v) is 14.9. The molecule has 0 aliphatic heterocycles. The third-order valence-electron chi connectivity index (χ3n) is 12.9. The van der Waals surface area contributed by atoms with E-state index in [1.165, 1.54) is 53.8 Å². The monoisotopic (exact) mass is 282 g/mol. The highest BCUT2D eigenvalue weighted by molar-refractivity contribution is 6.21. The van der Waals surface area contributed by atoms with Crippen LogP contribution in [0.25, 0.3) is 0 Å². The lowest BCUT2D eigenvalue weighted by Crippen LogP contribution is -3.19. The Morgan fingerprint density at radius 2 is 1.15 bits per heavy atom. The molecular weight excluding hydrogens is 264 g/mol. The average Bonchev–Trinajstić information content (AvgIpc) is 2.56. The lowest BCUT2D eigenvalue weighted by atomic mass is 8.82. The van der Waals surface area contributed by atoms with Crippen LogP contribution in [0.15, 0.2) is 0 Å². The van der Waals surface area contributed by atoms with Crippen molar-refractivity contribution < 1.29 is 0 Å². The van der Waals surface area contributed by atoms with Gasteiger partial charge in [-0.2, -0.15) is 0 Å². The van der Waals surface area contributed by atoms with Gasteiger partial charge >= 0.3 is 0 Å². The van der Waals surface area contributed by atoms with Crippen LogP contribution in [0.5, 0.6) is 0 Å². The minimum atomic E-state index is 0.600. The zero-order valence-electron chi connectivity index (χ0n) is 11.6. The summed E-state index contributed by atoms with van der Waals surface area (Å²) in [5.41, 5.74) is 3.90. The van der Waals surface area contributed by atoms with Crippen LogP contribution >= 0.6 is 11.6 Å². The highest BCUT2D eigenvalue weighted by Crippen LogP contribution is 3.23. The first-order valence-corrected chi connectivity index (χ1v) is 9.89. The molecule has 102 valence electrons. The van der Waals surface area contributed by atoms with Crippen LogP contribution in [0.2, 0.25) is 0 Å². The Morgan fingerprint density at radius 3 is 1.85 bits per heavy atom. The normalized spacial score (nSPS) is 103. The van der Waals surface area contributed by atoms with E-state index in [4.69, 9.17) is 11.6 Å². The third kappa shape index (κ3) is 0.317. The second-order valence-corrected chi connectivity index (χ2v) is 11.5. The summed E-state index contributed by atoms with van der Waals surface area (Å²) in [6, 6.07) is 0. The van der Waals surface area contributed by atoms with E-state index < -0.39 is 0 Å². The summed E-state index contributed by atoms with van der Waals surface area (Å²) in [6.07, 6.45) is 6.37. The molecule has 20 heavy (non-hydrogen) atoms. The SMILES string of the molecule is ClC1CC2CC3C4C5C6CC7CC8C9C%10C1C23C4%10C59C768. The van der Waals surface area contributed by atoms with Crippen molar-refractivity contribution in [3.05, 3.63) is 0 Å². The van der Waals surface area contributed by atoms with Crippen molar-refractivity contribution in [2.75, 3.05) is 0 Å². The number of rotatable bonds is 0. The number of halogens is 1. The smallest absolute Gasteiger partial charge is 0.0375 e. The molecule has 15 unspecified atom stereocenters. The molecule has 15 atom stereocenters. The van der Waals surface area contributed by atoms with E-state index in [9.17, 15) is 0 Å². The van der Waals surface area contributed by atoms with Gasteiger partial charge < -0.3 is 0 Å². The molecular formula is C19H19Cl. The predicted octanol–water partition coefficient (Wildman–Crippen LogP) is 3.40. The van der Waals surface area contributed by atoms with Crippen molar-refractivity contribution >= 4 is 11.6 Å². The third-order valence-corrected chi connectivity index (χ3v) is 13.4. The summed E-state index contributed by atoms with van der Waals surface area (Å²) in [7, 11) is 0. The second kappa shape index (κ2) is 1.72. The van der Waals surface area contributed by atoms with E-state index in [1.54, 1.807) is 19.3 Å². The summed E-state index contributed by atoms with van der Waals surface area (Å²) < 4.78 is 0. The van der Waals surface area contributed by atoms with Crippen molar-refractivity contribution in [1.82, 2.24) is 0 Å². The quantitative estimate of drug-likeness (QED) is 0.598. The zero-order valence-corrected chi connectivity index (χ0v) is 12.3. The van der Waals surface area contributed by atoms with Crippen LogP contribution < -0.4 is 0 Å². The number of fused-ring (bicyclic) bond motifs is 6. The topological polar surface area (TPSA) is 0 Å². The Bertz CT molecular complexity index is 729. The largest absolute Gasteiger partial charge is 0.123 e. The Balaban J connectivity index is 1.32. The van der Waals surface area contributed by atoms with Crippen LogP contribution in [0.1, 0.15) is 25.7 Å². The maximum absolute atomic E-state index is 6.89. The zero-order chi connectivity index (χ0) is 12.2. The van der Waals surface area contributed by atoms with Crippen LogP contribution in [0.3, 0.4) is 0 Å². The van der Waals surface area contributed by atoms with Gasteiger partial charge in [-0.05, 0) is 107 Å². The Morgan fingerprint density at radius 1 is 0.600 bits per heavy atom. The summed E-state index contributed by atoms with van der Waals surface area (Å²) in [5.74, 6) is 12.0. The van der Waals surface area contributed by atoms with Gasteiger partial charge in [-0.15, -0.1) is 11.6 Å². The Kier molecular flexibility index (Phi) is 0.756. The van der Waals surface area contributed by atoms with Gasteiger partial charge in [0, 0.05) is 5.38 Å². The van der Waals surface area contributed by atoms with Gasteiger partial charge in [-0.1, -0.05) is 0 Å². The van der Waals surface area contributed by atoms with Crippen molar-refractivity contribution in [1.29, 1.82) is 0 Å².